The van der Waals surface area contributed by atoms with E-state index in [4.69, 9.17) is 11.6 Å². The van der Waals surface area contributed by atoms with Gasteiger partial charge in [0.2, 0.25) is 0 Å². The van der Waals surface area contributed by atoms with E-state index in [1.807, 2.05) is 30.5 Å². The van der Waals surface area contributed by atoms with Crippen molar-refractivity contribution in [1.29, 1.82) is 0 Å². The standard InChI is InChI=1S/C16H12ClNO3S/c1-22-13-6-2-11(3-7-13)4-9-16(19)12-5-8-14(17)15(10-12)18(20)21/h2-10H,1H3. The zero-order chi connectivity index (χ0) is 16.1. The van der Waals surface area contributed by atoms with Gasteiger partial charge >= 0.3 is 0 Å². The third-order valence-electron chi connectivity index (χ3n) is 2.97. The summed E-state index contributed by atoms with van der Waals surface area (Å²) in [6.45, 7) is 0. The number of carbonyl (C=O) groups is 1. The smallest absolute Gasteiger partial charge is 0.288 e. The molecule has 0 aliphatic heterocycles. The number of thioether (sulfide) groups is 1. The number of nitro benzene ring substituents is 1. The van der Waals surface area contributed by atoms with Crippen LogP contribution in [0.4, 0.5) is 5.69 Å². The van der Waals surface area contributed by atoms with Gasteiger partial charge in [-0.2, -0.15) is 0 Å². The third kappa shape index (κ3) is 3.96. The molecule has 0 fully saturated rings. The highest BCUT2D eigenvalue weighted by atomic mass is 35.5. The number of nitrogens with zero attached hydrogens (tertiary/aromatic N) is 1. The van der Waals surface area contributed by atoms with Crippen LogP contribution in [0.3, 0.4) is 0 Å². The first-order valence-electron chi connectivity index (χ1n) is 6.31. The number of carbonyl (C=O) groups excluding carboxylic acids is 1. The average molecular weight is 334 g/mol. The Balaban J connectivity index is 2.19. The van der Waals surface area contributed by atoms with Crippen LogP contribution in [0.2, 0.25) is 5.02 Å². The molecule has 2 aromatic rings. The van der Waals surface area contributed by atoms with Crippen LogP contribution < -0.4 is 0 Å². The minimum Gasteiger partial charge on any atom is -0.289 e. The van der Waals surface area contributed by atoms with Crippen molar-refractivity contribution in [1.82, 2.24) is 0 Å². The van der Waals surface area contributed by atoms with Crippen molar-refractivity contribution < 1.29 is 9.72 Å². The summed E-state index contributed by atoms with van der Waals surface area (Å²) >= 11 is 7.36. The van der Waals surface area contributed by atoms with Crippen LogP contribution in [0, 0.1) is 10.1 Å². The number of rotatable bonds is 5. The van der Waals surface area contributed by atoms with Gasteiger partial charge in [0.15, 0.2) is 5.78 Å². The molecule has 112 valence electrons. The summed E-state index contributed by atoms with van der Waals surface area (Å²) in [5, 5.41) is 10.8. The molecule has 0 radical (unpaired) electrons. The van der Waals surface area contributed by atoms with E-state index in [0.29, 0.717) is 0 Å². The lowest BCUT2D eigenvalue weighted by molar-refractivity contribution is -0.384. The molecule has 2 aromatic carbocycles. The molecule has 0 spiro atoms. The fourth-order valence-electron chi connectivity index (χ4n) is 1.79. The fraction of sp³-hybridized carbons (Fsp3) is 0.0625. The fourth-order valence-corrected chi connectivity index (χ4v) is 2.38. The molecule has 2 rings (SSSR count). The summed E-state index contributed by atoms with van der Waals surface area (Å²) in [7, 11) is 0. The van der Waals surface area contributed by atoms with E-state index in [2.05, 4.69) is 0 Å². The van der Waals surface area contributed by atoms with Crippen molar-refractivity contribution in [2.45, 2.75) is 4.90 Å². The zero-order valence-electron chi connectivity index (χ0n) is 11.7. The number of hydrogen-bond acceptors (Lipinski definition) is 4. The van der Waals surface area contributed by atoms with Gasteiger partial charge in [0, 0.05) is 16.5 Å². The number of nitro groups is 1. The molecule has 0 aliphatic carbocycles. The van der Waals surface area contributed by atoms with Gasteiger partial charge in [0.25, 0.3) is 5.69 Å². The largest absolute Gasteiger partial charge is 0.289 e. The Hall–Kier alpha value is -2.11. The van der Waals surface area contributed by atoms with Crippen LogP contribution >= 0.6 is 23.4 Å². The highest BCUT2D eigenvalue weighted by Gasteiger charge is 2.14. The van der Waals surface area contributed by atoms with Gasteiger partial charge in [0.05, 0.1) is 4.92 Å². The molecule has 0 bridgehead atoms. The normalized spacial score (nSPS) is 10.8. The van der Waals surface area contributed by atoms with Crippen LogP contribution in [0.15, 0.2) is 53.4 Å². The molecule has 0 aromatic heterocycles. The number of halogens is 1. The zero-order valence-corrected chi connectivity index (χ0v) is 13.2. The molecule has 0 aliphatic rings. The van der Waals surface area contributed by atoms with Crippen molar-refractivity contribution in [2.24, 2.45) is 0 Å². The molecule has 6 heteroatoms. The van der Waals surface area contributed by atoms with Crippen molar-refractivity contribution in [3.05, 3.63) is 74.8 Å². The lowest BCUT2D eigenvalue weighted by atomic mass is 10.1. The maximum atomic E-state index is 12.1. The Labute approximate surface area is 136 Å². The summed E-state index contributed by atoms with van der Waals surface area (Å²) in [5.74, 6) is -0.311. The first-order valence-corrected chi connectivity index (χ1v) is 7.92. The van der Waals surface area contributed by atoms with Crippen molar-refractivity contribution in [2.75, 3.05) is 6.26 Å². The van der Waals surface area contributed by atoms with E-state index in [1.54, 1.807) is 17.8 Å². The SMILES string of the molecule is CSc1ccc(C=CC(=O)c2ccc(Cl)c([N+](=O)[O-])c2)cc1. The lowest BCUT2D eigenvalue weighted by Gasteiger charge is -1.99. The molecule has 0 unspecified atom stereocenters. The topological polar surface area (TPSA) is 60.2 Å². The third-order valence-corrected chi connectivity index (χ3v) is 4.03. The predicted molar refractivity (Wildman–Crippen MR) is 89.7 cm³/mol. The Bertz CT molecular complexity index is 742. The highest BCUT2D eigenvalue weighted by molar-refractivity contribution is 7.98. The number of benzene rings is 2. The summed E-state index contributed by atoms with van der Waals surface area (Å²) in [5.41, 5.74) is 0.841. The Morgan fingerprint density at radius 2 is 1.91 bits per heavy atom. The van der Waals surface area contributed by atoms with Crippen LogP contribution in [0.25, 0.3) is 6.08 Å². The van der Waals surface area contributed by atoms with E-state index in [1.165, 1.54) is 24.3 Å². The van der Waals surface area contributed by atoms with E-state index in [9.17, 15) is 14.9 Å². The first kappa shape index (κ1) is 16.3. The van der Waals surface area contributed by atoms with E-state index in [-0.39, 0.29) is 22.1 Å². The van der Waals surface area contributed by atoms with Gasteiger partial charge in [-0.3, -0.25) is 14.9 Å². The van der Waals surface area contributed by atoms with Gasteiger partial charge in [0.1, 0.15) is 5.02 Å². The van der Waals surface area contributed by atoms with Crippen molar-refractivity contribution in [3.63, 3.8) is 0 Å². The number of hydrogen-bond donors (Lipinski definition) is 0. The number of allylic oxidation sites excluding steroid dienone is 1. The average Bonchev–Trinajstić information content (AvgIpc) is 2.53. The van der Waals surface area contributed by atoms with Gasteiger partial charge in [-0.05, 0) is 42.2 Å². The minimum absolute atomic E-state index is 0.0122. The van der Waals surface area contributed by atoms with Crippen LogP contribution in [0.1, 0.15) is 15.9 Å². The first-order chi connectivity index (χ1) is 10.5. The molecule has 0 saturated heterocycles. The van der Waals surface area contributed by atoms with E-state index in [0.717, 1.165) is 10.5 Å². The quantitative estimate of drug-likeness (QED) is 0.257. The second-order valence-electron chi connectivity index (χ2n) is 4.39. The second kappa shape index (κ2) is 7.24. The van der Waals surface area contributed by atoms with Gasteiger partial charge in [-0.15, -0.1) is 11.8 Å². The molecular weight excluding hydrogens is 322 g/mol. The minimum atomic E-state index is -0.607. The lowest BCUT2D eigenvalue weighted by Crippen LogP contribution is -1.97. The molecule has 0 saturated carbocycles. The molecule has 4 nitrogen and oxygen atoms in total. The molecule has 0 N–H and O–H groups in total. The van der Waals surface area contributed by atoms with E-state index < -0.39 is 4.92 Å². The summed E-state index contributed by atoms with van der Waals surface area (Å²) in [4.78, 5) is 23.4. The Morgan fingerprint density at radius 1 is 1.23 bits per heavy atom. The van der Waals surface area contributed by atoms with Gasteiger partial charge < -0.3 is 0 Å². The summed E-state index contributed by atoms with van der Waals surface area (Å²) < 4.78 is 0. The highest BCUT2D eigenvalue weighted by Crippen LogP contribution is 2.25. The Kier molecular flexibility index (Phi) is 5.35. The number of ketones is 1. The second-order valence-corrected chi connectivity index (χ2v) is 5.68. The molecular formula is C16H12ClNO3S. The monoisotopic (exact) mass is 333 g/mol. The van der Waals surface area contributed by atoms with E-state index >= 15 is 0 Å². The maximum Gasteiger partial charge on any atom is 0.288 e. The molecule has 0 atom stereocenters. The van der Waals surface area contributed by atoms with Crippen molar-refractivity contribution in [3.8, 4) is 0 Å². The Morgan fingerprint density at radius 3 is 2.50 bits per heavy atom. The van der Waals surface area contributed by atoms with Crippen LogP contribution in [-0.2, 0) is 0 Å². The van der Waals surface area contributed by atoms with Crippen LogP contribution in [-0.4, -0.2) is 17.0 Å². The predicted octanol–water partition coefficient (Wildman–Crippen LogP) is 4.87. The van der Waals surface area contributed by atoms with Gasteiger partial charge in [-0.25, -0.2) is 0 Å². The van der Waals surface area contributed by atoms with Crippen molar-refractivity contribution >= 4 is 40.9 Å². The van der Waals surface area contributed by atoms with Crippen LogP contribution in [0.5, 0.6) is 0 Å². The molecule has 22 heavy (non-hydrogen) atoms. The van der Waals surface area contributed by atoms with Gasteiger partial charge in [-0.1, -0.05) is 29.8 Å². The maximum absolute atomic E-state index is 12.1. The summed E-state index contributed by atoms with van der Waals surface area (Å²) in [6, 6.07) is 11.7. The molecule has 0 heterocycles. The summed E-state index contributed by atoms with van der Waals surface area (Å²) in [6.07, 6.45) is 5.05. The molecule has 0 amide bonds.